The first kappa shape index (κ1) is 13.5. The highest BCUT2D eigenvalue weighted by molar-refractivity contribution is 7.80. The average Bonchev–Trinajstić information content (AvgIpc) is 2.49. The van der Waals surface area contributed by atoms with E-state index in [0.29, 0.717) is 10.7 Å². The number of nitrogens with two attached hydrogens (primary N) is 1. The Balaban J connectivity index is 2.14. The van der Waals surface area contributed by atoms with Gasteiger partial charge in [0.05, 0.1) is 5.69 Å². The number of fused-ring (bicyclic) bond motifs is 1. The van der Waals surface area contributed by atoms with Crippen molar-refractivity contribution in [3.8, 4) is 0 Å². The van der Waals surface area contributed by atoms with E-state index in [1.165, 1.54) is 6.07 Å². The van der Waals surface area contributed by atoms with Crippen molar-refractivity contribution in [2.45, 2.75) is 0 Å². The molecule has 3 aromatic carbocycles. The Kier molecular flexibility index (Phi) is 3.54. The minimum absolute atomic E-state index is 0.292. The third-order valence-electron chi connectivity index (χ3n) is 3.33. The molecule has 0 radical (unpaired) electrons. The Labute approximate surface area is 127 Å². The quantitative estimate of drug-likeness (QED) is 0.705. The highest BCUT2D eigenvalue weighted by atomic mass is 32.1. The van der Waals surface area contributed by atoms with Crippen molar-refractivity contribution in [1.29, 1.82) is 0 Å². The molecule has 21 heavy (non-hydrogen) atoms. The minimum atomic E-state index is -0.292. The predicted octanol–water partition coefficient (Wildman–Crippen LogP) is 4.36. The van der Waals surface area contributed by atoms with E-state index in [1.54, 1.807) is 18.2 Å². The number of para-hydroxylation sites is 1. The van der Waals surface area contributed by atoms with Gasteiger partial charge in [-0.1, -0.05) is 48.6 Å². The molecule has 104 valence electrons. The first-order valence-corrected chi connectivity index (χ1v) is 6.91. The number of hydrogen-bond donors (Lipinski definition) is 2. The Morgan fingerprint density at radius 2 is 1.52 bits per heavy atom. The summed E-state index contributed by atoms with van der Waals surface area (Å²) in [5.74, 6) is -0.292. The standard InChI is InChI=1S/C17H13FN2S/c18-14-7-3-4-8-16(14)20-15-10-9-13(17(19)21)11-5-1-2-6-12(11)15/h1-10,20H,(H2,19,21). The lowest BCUT2D eigenvalue weighted by molar-refractivity contribution is 0.632. The van der Waals surface area contributed by atoms with Crippen LogP contribution in [0.25, 0.3) is 10.8 Å². The molecule has 0 aliphatic carbocycles. The van der Waals surface area contributed by atoms with Crippen molar-refractivity contribution in [3.05, 3.63) is 72.0 Å². The molecule has 0 amide bonds. The summed E-state index contributed by atoms with van der Waals surface area (Å²) in [4.78, 5) is 0.351. The van der Waals surface area contributed by atoms with E-state index < -0.39 is 0 Å². The minimum Gasteiger partial charge on any atom is -0.389 e. The number of halogens is 1. The average molecular weight is 296 g/mol. The van der Waals surface area contributed by atoms with E-state index in [4.69, 9.17) is 18.0 Å². The topological polar surface area (TPSA) is 38.0 Å². The smallest absolute Gasteiger partial charge is 0.146 e. The molecule has 2 nitrogen and oxygen atoms in total. The van der Waals surface area contributed by atoms with E-state index in [1.807, 2.05) is 36.4 Å². The molecular weight excluding hydrogens is 283 g/mol. The van der Waals surface area contributed by atoms with Crippen molar-refractivity contribution in [2.75, 3.05) is 5.32 Å². The van der Waals surface area contributed by atoms with Gasteiger partial charge < -0.3 is 11.1 Å². The molecule has 0 saturated heterocycles. The van der Waals surface area contributed by atoms with Gasteiger partial charge >= 0.3 is 0 Å². The first-order valence-electron chi connectivity index (χ1n) is 6.50. The van der Waals surface area contributed by atoms with Crippen LogP contribution in [0.4, 0.5) is 15.8 Å². The zero-order valence-electron chi connectivity index (χ0n) is 11.1. The van der Waals surface area contributed by atoms with Crippen LogP contribution in [0.15, 0.2) is 60.7 Å². The Bertz CT molecular complexity index is 830. The highest BCUT2D eigenvalue weighted by Crippen LogP contribution is 2.29. The van der Waals surface area contributed by atoms with Gasteiger partial charge in [-0.2, -0.15) is 0 Å². The van der Waals surface area contributed by atoms with Crippen molar-refractivity contribution in [3.63, 3.8) is 0 Å². The molecule has 0 aromatic heterocycles. The highest BCUT2D eigenvalue weighted by Gasteiger charge is 2.09. The van der Waals surface area contributed by atoms with Gasteiger partial charge in [0, 0.05) is 16.6 Å². The van der Waals surface area contributed by atoms with Crippen LogP contribution in [-0.4, -0.2) is 4.99 Å². The van der Waals surface area contributed by atoms with Gasteiger partial charge in [0.2, 0.25) is 0 Å². The maximum absolute atomic E-state index is 13.8. The summed E-state index contributed by atoms with van der Waals surface area (Å²) in [5, 5.41) is 5.02. The summed E-state index contributed by atoms with van der Waals surface area (Å²) in [7, 11) is 0. The number of rotatable bonds is 3. The van der Waals surface area contributed by atoms with Gasteiger partial charge in [0.25, 0.3) is 0 Å². The van der Waals surface area contributed by atoms with Gasteiger partial charge in [-0.3, -0.25) is 0 Å². The van der Waals surface area contributed by atoms with Crippen molar-refractivity contribution in [1.82, 2.24) is 0 Å². The fourth-order valence-corrected chi connectivity index (χ4v) is 2.51. The number of benzene rings is 3. The summed E-state index contributed by atoms with van der Waals surface area (Å²) in [6.45, 7) is 0. The van der Waals surface area contributed by atoms with Crippen molar-refractivity contribution < 1.29 is 4.39 Å². The van der Waals surface area contributed by atoms with Gasteiger partial charge in [0.1, 0.15) is 10.8 Å². The maximum Gasteiger partial charge on any atom is 0.146 e. The molecule has 0 fully saturated rings. The fraction of sp³-hybridized carbons (Fsp3) is 0. The predicted molar refractivity (Wildman–Crippen MR) is 89.5 cm³/mol. The molecule has 0 atom stereocenters. The Morgan fingerprint density at radius 1 is 0.857 bits per heavy atom. The van der Waals surface area contributed by atoms with Gasteiger partial charge in [0.15, 0.2) is 0 Å². The maximum atomic E-state index is 13.8. The summed E-state index contributed by atoms with van der Waals surface area (Å²) in [6.07, 6.45) is 0. The van der Waals surface area contributed by atoms with E-state index in [-0.39, 0.29) is 5.82 Å². The zero-order valence-corrected chi connectivity index (χ0v) is 12.0. The largest absolute Gasteiger partial charge is 0.389 e. The summed E-state index contributed by atoms with van der Waals surface area (Å²) in [6, 6.07) is 18.1. The van der Waals surface area contributed by atoms with Crippen LogP contribution in [0.3, 0.4) is 0 Å². The number of hydrogen-bond acceptors (Lipinski definition) is 2. The molecule has 3 rings (SSSR count). The second-order valence-corrected chi connectivity index (χ2v) is 5.12. The lowest BCUT2D eigenvalue weighted by Crippen LogP contribution is -2.10. The van der Waals surface area contributed by atoms with Gasteiger partial charge in [-0.25, -0.2) is 4.39 Å². The first-order chi connectivity index (χ1) is 10.2. The van der Waals surface area contributed by atoms with E-state index >= 15 is 0 Å². The van der Waals surface area contributed by atoms with Crippen LogP contribution < -0.4 is 11.1 Å². The molecule has 0 spiro atoms. The van der Waals surface area contributed by atoms with Crippen LogP contribution in [0.2, 0.25) is 0 Å². The summed E-state index contributed by atoms with van der Waals surface area (Å²) in [5.41, 5.74) is 7.83. The molecule has 0 aliphatic rings. The van der Waals surface area contributed by atoms with Crippen molar-refractivity contribution in [2.24, 2.45) is 5.73 Å². The number of anilines is 2. The summed E-state index contributed by atoms with van der Waals surface area (Å²) < 4.78 is 13.8. The normalized spacial score (nSPS) is 10.5. The van der Waals surface area contributed by atoms with Crippen LogP contribution in [-0.2, 0) is 0 Å². The second kappa shape index (κ2) is 5.50. The van der Waals surface area contributed by atoms with Gasteiger partial charge in [-0.05, 0) is 29.7 Å². The second-order valence-electron chi connectivity index (χ2n) is 4.68. The van der Waals surface area contributed by atoms with E-state index in [9.17, 15) is 4.39 Å². The Morgan fingerprint density at radius 3 is 2.24 bits per heavy atom. The van der Waals surface area contributed by atoms with Gasteiger partial charge in [-0.15, -0.1) is 0 Å². The molecule has 0 unspecified atom stereocenters. The molecule has 3 aromatic rings. The molecule has 4 heteroatoms. The van der Waals surface area contributed by atoms with Crippen LogP contribution >= 0.6 is 12.2 Å². The fourth-order valence-electron chi connectivity index (χ4n) is 2.33. The third kappa shape index (κ3) is 2.58. The summed E-state index contributed by atoms with van der Waals surface area (Å²) >= 11 is 5.08. The van der Waals surface area contributed by atoms with E-state index in [2.05, 4.69) is 5.32 Å². The number of thiocarbonyl (C=S) groups is 1. The van der Waals surface area contributed by atoms with E-state index in [0.717, 1.165) is 22.0 Å². The Hall–Kier alpha value is -2.46. The third-order valence-corrected chi connectivity index (χ3v) is 3.55. The van der Waals surface area contributed by atoms with Crippen molar-refractivity contribution >= 4 is 39.4 Å². The molecular formula is C17H13FN2S. The van der Waals surface area contributed by atoms with Crippen LogP contribution in [0.5, 0.6) is 0 Å². The molecule has 3 N–H and O–H groups in total. The molecule has 0 saturated carbocycles. The number of nitrogens with one attached hydrogen (secondary N) is 1. The molecule has 0 heterocycles. The van der Waals surface area contributed by atoms with Crippen LogP contribution in [0, 0.1) is 5.82 Å². The SMILES string of the molecule is NC(=S)c1ccc(Nc2ccccc2F)c2ccccc12. The monoisotopic (exact) mass is 296 g/mol. The lowest BCUT2D eigenvalue weighted by Gasteiger charge is -2.13. The lowest BCUT2D eigenvalue weighted by atomic mass is 10.0. The molecule has 0 aliphatic heterocycles. The molecule has 0 bridgehead atoms. The zero-order chi connectivity index (χ0) is 14.8. The van der Waals surface area contributed by atoms with Crippen LogP contribution in [0.1, 0.15) is 5.56 Å².